The van der Waals surface area contributed by atoms with Gasteiger partial charge in [-0.15, -0.1) is 0 Å². The minimum absolute atomic E-state index is 0.587. The Morgan fingerprint density at radius 1 is 0.926 bits per heavy atom. The van der Waals surface area contributed by atoms with Crippen LogP contribution in [0.1, 0.15) is 36.6 Å². The van der Waals surface area contributed by atoms with Crippen molar-refractivity contribution in [1.29, 1.82) is 0 Å². The fourth-order valence-electron chi connectivity index (χ4n) is 5.12. The third-order valence-electron chi connectivity index (χ3n) is 6.65. The van der Waals surface area contributed by atoms with E-state index in [1.165, 1.54) is 47.0 Å². The fourth-order valence-corrected chi connectivity index (χ4v) is 5.12. The predicted octanol–water partition coefficient (Wildman–Crippen LogP) is 5.35. The summed E-state index contributed by atoms with van der Waals surface area (Å²) in [6.45, 7) is 3.43. The minimum Gasteiger partial charge on any atom is -0.358 e. The summed E-state index contributed by atoms with van der Waals surface area (Å²) >= 11 is 0. The van der Waals surface area contributed by atoms with E-state index >= 15 is 0 Å². The molecule has 0 spiro atoms. The molecule has 0 fully saturated rings. The SMILES string of the molecule is CC1Cc2[nH]c3ccccc3c2CC1CC1CC(c2ccccc2)=CCN1. The van der Waals surface area contributed by atoms with Crippen LogP contribution in [0.2, 0.25) is 0 Å². The highest BCUT2D eigenvalue weighted by Gasteiger charge is 2.30. The summed E-state index contributed by atoms with van der Waals surface area (Å²) in [4.78, 5) is 3.67. The zero-order valence-corrected chi connectivity index (χ0v) is 16.0. The summed E-state index contributed by atoms with van der Waals surface area (Å²) in [6.07, 6.45) is 7.18. The van der Waals surface area contributed by atoms with Crippen LogP contribution in [0.3, 0.4) is 0 Å². The normalized spacial score (nSPS) is 25.2. The molecule has 2 aliphatic rings. The topological polar surface area (TPSA) is 27.8 Å². The Bertz CT molecular complexity index is 966. The van der Waals surface area contributed by atoms with Crippen molar-refractivity contribution in [3.8, 4) is 0 Å². The van der Waals surface area contributed by atoms with Crippen molar-refractivity contribution in [1.82, 2.24) is 10.3 Å². The van der Waals surface area contributed by atoms with Gasteiger partial charge in [-0.25, -0.2) is 0 Å². The lowest BCUT2D eigenvalue weighted by Crippen LogP contribution is -2.37. The number of aromatic amines is 1. The van der Waals surface area contributed by atoms with E-state index in [0.717, 1.165) is 24.8 Å². The van der Waals surface area contributed by atoms with Gasteiger partial charge in [-0.3, -0.25) is 0 Å². The lowest BCUT2D eigenvalue weighted by Gasteiger charge is -2.34. The molecule has 3 atom stereocenters. The molecule has 138 valence electrons. The highest BCUT2D eigenvalue weighted by Crippen LogP contribution is 2.38. The summed E-state index contributed by atoms with van der Waals surface area (Å²) < 4.78 is 0. The standard InChI is InChI=1S/C25H28N2/c1-17-13-25-23(22-9-5-6-10-24(22)27-25)16-20(17)15-21-14-19(11-12-26-21)18-7-3-2-4-8-18/h2-11,17,20-21,26-27H,12-16H2,1H3. The van der Waals surface area contributed by atoms with Crippen LogP contribution in [-0.4, -0.2) is 17.6 Å². The van der Waals surface area contributed by atoms with Gasteiger partial charge >= 0.3 is 0 Å². The average Bonchev–Trinajstić information content (AvgIpc) is 3.06. The molecule has 2 nitrogen and oxygen atoms in total. The van der Waals surface area contributed by atoms with E-state index in [1.807, 2.05) is 0 Å². The van der Waals surface area contributed by atoms with Gasteiger partial charge in [0.15, 0.2) is 0 Å². The Labute approximate surface area is 161 Å². The Morgan fingerprint density at radius 3 is 2.63 bits per heavy atom. The number of rotatable bonds is 3. The molecule has 2 heterocycles. The zero-order valence-electron chi connectivity index (χ0n) is 16.0. The molecule has 1 aromatic heterocycles. The van der Waals surface area contributed by atoms with Crippen LogP contribution in [0.25, 0.3) is 16.5 Å². The van der Waals surface area contributed by atoms with Crippen LogP contribution in [-0.2, 0) is 12.8 Å². The summed E-state index contributed by atoms with van der Waals surface area (Å²) in [7, 11) is 0. The quantitative estimate of drug-likeness (QED) is 0.650. The first-order chi connectivity index (χ1) is 13.3. The van der Waals surface area contributed by atoms with Gasteiger partial charge in [0.2, 0.25) is 0 Å². The van der Waals surface area contributed by atoms with Gasteiger partial charge in [-0.1, -0.05) is 61.5 Å². The number of nitrogens with one attached hydrogen (secondary N) is 2. The van der Waals surface area contributed by atoms with E-state index in [1.54, 1.807) is 5.56 Å². The Hall–Kier alpha value is -2.32. The second-order valence-corrected chi connectivity index (χ2v) is 8.41. The molecule has 0 bridgehead atoms. The Balaban J connectivity index is 1.33. The lowest BCUT2D eigenvalue weighted by atomic mass is 9.74. The average molecular weight is 357 g/mol. The molecule has 0 amide bonds. The fraction of sp³-hybridized carbons (Fsp3) is 0.360. The first-order valence-corrected chi connectivity index (χ1v) is 10.3. The molecular weight excluding hydrogens is 328 g/mol. The smallest absolute Gasteiger partial charge is 0.0458 e. The Morgan fingerprint density at radius 2 is 1.74 bits per heavy atom. The number of hydrogen-bond donors (Lipinski definition) is 2. The summed E-state index contributed by atoms with van der Waals surface area (Å²) in [5, 5.41) is 5.19. The van der Waals surface area contributed by atoms with Gasteiger partial charge in [0.1, 0.15) is 0 Å². The van der Waals surface area contributed by atoms with Crippen LogP contribution in [0, 0.1) is 11.8 Å². The second kappa shape index (κ2) is 7.01. The minimum atomic E-state index is 0.587. The van der Waals surface area contributed by atoms with Crippen molar-refractivity contribution in [3.63, 3.8) is 0 Å². The molecule has 27 heavy (non-hydrogen) atoms. The molecule has 1 aliphatic heterocycles. The highest BCUT2D eigenvalue weighted by molar-refractivity contribution is 5.84. The molecular formula is C25H28N2. The van der Waals surface area contributed by atoms with Gasteiger partial charge in [0.05, 0.1) is 0 Å². The van der Waals surface area contributed by atoms with Crippen LogP contribution >= 0.6 is 0 Å². The molecule has 0 saturated heterocycles. The summed E-state index contributed by atoms with van der Waals surface area (Å²) in [5.41, 5.74) is 7.25. The van der Waals surface area contributed by atoms with Crippen molar-refractivity contribution in [3.05, 3.63) is 77.5 Å². The van der Waals surface area contributed by atoms with Crippen LogP contribution in [0.15, 0.2) is 60.7 Å². The lowest BCUT2D eigenvalue weighted by molar-refractivity contribution is 0.276. The van der Waals surface area contributed by atoms with Gasteiger partial charge in [-0.2, -0.15) is 0 Å². The molecule has 3 aromatic rings. The van der Waals surface area contributed by atoms with Gasteiger partial charge in [0, 0.05) is 29.2 Å². The van der Waals surface area contributed by atoms with E-state index < -0.39 is 0 Å². The molecule has 1 aliphatic carbocycles. The molecule has 3 unspecified atom stereocenters. The molecule has 2 aromatic carbocycles. The molecule has 5 rings (SSSR count). The number of benzene rings is 2. The number of H-pyrrole nitrogens is 1. The largest absolute Gasteiger partial charge is 0.358 e. The van der Waals surface area contributed by atoms with Crippen molar-refractivity contribution >= 4 is 16.5 Å². The summed E-state index contributed by atoms with van der Waals surface area (Å²) in [5.74, 6) is 1.49. The first kappa shape index (κ1) is 16.8. The molecule has 2 N–H and O–H groups in total. The van der Waals surface area contributed by atoms with E-state index in [0.29, 0.717) is 6.04 Å². The summed E-state index contributed by atoms with van der Waals surface area (Å²) in [6, 6.07) is 20.3. The van der Waals surface area contributed by atoms with Crippen molar-refractivity contribution < 1.29 is 0 Å². The van der Waals surface area contributed by atoms with Crippen molar-refractivity contribution in [2.45, 2.75) is 38.6 Å². The van der Waals surface area contributed by atoms with Crippen molar-refractivity contribution in [2.24, 2.45) is 11.8 Å². The van der Waals surface area contributed by atoms with E-state index in [4.69, 9.17) is 0 Å². The van der Waals surface area contributed by atoms with Crippen molar-refractivity contribution in [2.75, 3.05) is 6.54 Å². The number of para-hydroxylation sites is 1. The second-order valence-electron chi connectivity index (χ2n) is 8.41. The Kier molecular flexibility index (Phi) is 4.37. The number of fused-ring (bicyclic) bond motifs is 3. The van der Waals surface area contributed by atoms with E-state index in [9.17, 15) is 0 Å². The monoisotopic (exact) mass is 356 g/mol. The maximum atomic E-state index is 3.76. The first-order valence-electron chi connectivity index (χ1n) is 10.3. The molecule has 0 saturated carbocycles. The van der Waals surface area contributed by atoms with Crippen LogP contribution < -0.4 is 5.32 Å². The number of hydrogen-bond acceptors (Lipinski definition) is 1. The van der Waals surface area contributed by atoms with E-state index in [2.05, 4.69) is 77.9 Å². The maximum Gasteiger partial charge on any atom is 0.0458 e. The number of aromatic nitrogens is 1. The van der Waals surface area contributed by atoms with Gasteiger partial charge in [0.25, 0.3) is 0 Å². The van der Waals surface area contributed by atoms with Gasteiger partial charge in [-0.05, 0) is 60.3 Å². The predicted molar refractivity (Wildman–Crippen MR) is 114 cm³/mol. The third kappa shape index (κ3) is 3.23. The van der Waals surface area contributed by atoms with Gasteiger partial charge < -0.3 is 10.3 Å². The zero-order chi connectivity index (χ0) is 18.2. The van der Waals surface area contributed by atoms with Crippen LogP contribution in [0.4, 0.5) is 0 Å². The maximum absolute atomic E-state index is 3.76. The van der Waals surface area contributed by atoms with E-state index in [-0.39, 0.29) is 0 Å². The molecule has 0 radical (unpaired) electrons. The third-order valence-corrected chi connectivity index (χ3v) is 6.65. The van der Waals surface area contributed by atoms with Crippen LogP contribution in [0.5, 0.6) is 0 Å². The highest BCUT2D eigenvalue weighted by atomic mass is 14.9. The molecule has 2 heteroatoms.